The number of aryl methyl sites for hydroxylation is 8. The van der Waals surface area contributed by atoms with Crippen LogP contribution in [-0.2, 0) is 58.0 Å². The first-order valence-electron chi connectivity index (χ1n) is 24.9. The fourth-order valence-corrected chi connectivity index (χ4v) is 8.62. The van der Waals surface area contributed by atoms with Crippen molar-refractivity contribution in [2.45, 2.75) is 79.4 Å². The molecule has 0 aromatic heterocycles. The van der Waals surface area contributed by atoms with E-state index >= 15 is 0 Å². The monoisotopic (exact) mass is 948 g/mol. The molecule has 0 fully saturated rings. The largest absolute Gasteiger partial charge is 0.461 e. The molecule has 8 rings (SSSR count). The van der Waals surface area contributed by atoms with Gasteiger partial charge in [-0.1, -0.05) is 135 Å². The summed E-state index contributed by atoms with van der Waals surface area (Å²) < 4.78 is 11.1. The average molecular weight is 949 g/mol. The molecule has 0 aliphatic carbocycles. The Morgan fingerprint density at radius 2 is 0.639 bits per heavy atom. The Hall–Kier alpha value is -8.22. The van der Waals surface area contributed by atoms with E-state index in [0.29, 0.717) is 25.7 Å². The topological polar surface area (TPSA) is 59.1 Å². The first kappa shape index (κ1) is 50.2. The molecule has 0 saturated heterocycles. The molecule has 72 heavy (non-hydrogen) atoms. The van der Waals surface area contributed by atoms with Crippen molar-refractivity contribution in [3.63, 3.8) is 0 Å². The van der Waals surface area contributed by atoms with Gasteiger partial charge in [0.15, 0.2) is 0 Å². The Balaban J connectivity index is 0.900. The molecule has 0 saturated carbocycles. The second-order valence-corrected chi connectivity index (χ2v) is 18.6. The minimum atomic E-state index is -0.212. The van der Waals surface area contributed by atoms with E-state index in [1.54, 1.807) is 12.2 Å². The highest BCUT2D eigenvalue weighted by Gasteiger charge is 2.17. The van der Waals surface area contributed by atoms with Crippen molar-refractivity contribution < 1.29 is 19.1 Å². The summed E-state index contributed by atoms with van der Waals surface area (Å²) in [6, 6.07) is 63.7. The van der Waals surface area contributed by atoms with Crippen molar-refractivity contribution in [3.8, 4) is 0 Å². The van der Waals surface area contributed by atoms with E-state index in [-0.39, 0.29) is 25.2 Å². The molecule has 0 atom stereocenters. The van der Waals surface area contributed by atoms with Gasteiger partial charge in [0.25, 0.3) is 0 Å². The van der Waals surface area contributed by atoms with Gasteiger partial charge in [0.1, 0.15) is 13.2 Å². The number of hydrogen-bond acceptors (Lipinski definition) is 6. The molecule has 0 heterocycles. The number of rotatable bonds is 21. The molecule has 0 aliphatic rings. The maximum absolute atomic E-state index is 12.7. The molecule has 8 aromatic rings. The molecule has 6 heteroatoms. The molecule has 6 nitrogen and oxygen atoms in total. The molecule has 0 radical (unpaired) electrons. The molecule has 0 amide bonds. The Labute approximate surface area is 426 Å². The van der Waals surface area contributed by atoms with Crippen LogP contribution >= 0.6 is 0 Å². The van der Waals surface area contributed by atoms with Crippen LogP contribution < -0.4 is 9.80 Å². The number of carbonyl (C=O) groups excluding carboxylic acids is 2. The first-order valence-corrected chi connectivity index (χ1v) is 24.9. The van der Waals surface area contributed by atoms with Crippen LogP contribution in [0.15, 0.2) is 195 Å². The first-order chi connectivity index (χ1) is 35.0. The van der Waals surface area contributed by atoms with Crippen LogP contribution in [0.2, 0.25) is 0 Å². The minimum Gasteiger partial charge on any atom is -0.461 e. The van der Waals surface area contributed by atoms with Crippen molar-refractivity contribution in [3.05, 3.63) is 262 Å². The van der Waals surface area contributed by atoms with Crippen molar-refractivity contribution in [1.82, 2.24) is 0 Å². The number of esters is 2. The second-order valence-electron chi connectivity index (χ2n) is 18.6. The van der Waals surface area contributed by atoms with Crippen molar-refractivity contribution in [1.29, 1.82) is 0 Å². The zero-order valence-corrected chi connectivity index (χ0v) is 42.1. The Morgan fingerprint density at radius 3 is 0.931 bits per heavy atom. The third-order valence-corrected chi connectivity index (χ3v) is 13.4. The van der Waals surface area contributed by atoms with Crippen LogP contribution in [0.3, 0.4) is 0 Å². The summed E-state index contributed by atoms with van der Waals surface area (Å²) in [4.78, 5) is 29.9. The molecular formula is C66H64N2O4. The molecular weight excluding hydrogens is 885 g/mol. The molecule has 0 spiro atoms. The lowest BCUT2D eigenvalue weighted by atomic mass is 10.0. The number of nitrogens with zero attached hydrogens (tertiary/aromatic N) is 2. The van der Waals surface area contributed by atoms with Crippen molar-refractivity contribution in [2.24, 2.45) is 0 Å². The van der Waals surface area contributed by atoms with Crippen LogP contribution in [0.1, 0.15) is 79.6 Å². The van der Waals surface area contributed by atoms with E-state index in [0.717, 1.165) is 80.3 Å². The Morgan fingerprint density at radius 1 is 0.361 bits per heavy atom. The van der Waals surface area contributed by atoms with Gasteiger partial charge in [0.2, 0.25) is 0 Å². The van der Waals surface area contributed by atoms with Gasteiger partial charge in [-0.25, -0.2) is 0 Å². The van der Waals surface area contributed by atoms with Crippen molar-refractivity contribution in [2.75, 3.05) is 9.80 Å². The highest BCUT2D eigenvalue weighted by atomic mass is 16.5. The summed E-state index contributed by atoms with van der Waals surface area (Å²) >= 11 is 0. The lowest BCUT2D eigenvalue weighted by molar-refractivity contribution is -0.145. The van der Waals surface area contributed by atoms with E-state index in [1.807, 2.05) is 48.5 Å². The maximum atomic E-state index is 12.7. The third kappa shape index (κ3) is 13.3. The Bertz CT molecular complexity index is 2890. The number of benzene rings is 8. The van der Waals surface area contributed by atoms with Crippen LogP contribution in [0, 0.1) is 27.7 Å². The summed E-state index contributed by atoms with van der Waals surface area (Å²) in [5.74, 6) is -0.423. The van der Waals surface area contributed by atoms with Crippen LogP contribution in [0.4, 0.5) is 34.1 Å². The highest BCUT2D eigenvalue weighted by Crippen LogP contribution is 2.38. The van der Waals surface area contributed by atoms with Crippen LogP contribution in [0.5, 0.6) is 0 Å². The van der Waals surface area contributed by atoms with Gasteiger partial charge in [-0.05, 0) is 193 Å². The molecule has 0 N–H and O–H groups in total. The SMILES string of the molecule is C=Cc1ccc(COC(=O)CCc2ccc(N(c3ccc(CCc4ccc(N(c5ccc(CCC(=O)OCc6ccc(C=C)cc6)cc5)c5ccc(C)c(C)c5)cc4)cc3)c3ccc(C)c(C)c3)cc2)cc1. The molecule has 0 unspecified atom stereocenters. The lowest BCUT2D eigenvalue weighted by Crippen LogP contribution is -2.11. The maximum Gasteiger partial charge on any atom is 0.306 e. The zero-order chi connectivity index (χ0) is 50.4. The zero-order valence-electron chi connectivity index (χ0n) is 42.1. The second kappa shape index (κ2) is 24.1. The average Bonchev–Trinajstić information content (AvgIpc) is 3.41. The van der Waals surface area contributed by atoms with E-state index in [9.17, 15) is 9.59 Å². The van der Waals surface area contributed by atoms with Gasteiger partial charge >= 0.3 is 11.9 Å². The Kier molecular flexibility index (Phi) is 16.8. The van der Waals surface area contributed by atoms with Crippen LogP contribution in [0.25, 0.3) is 12.2 Å². The van der Waals surface area contributed by atoms with E-state index < -0.39 is 0 Å². The minimum absolute atomic E-state index is 0.212. The van der Waals surface area contributed by atoms with Crippen molar-refractivity contribution >= 4 is 58.2 Å². The summed E-state index contributed by atoms with van der Waals surface area (Å²) in [5.41, 5.74) is 20.1. The van der Waals surface area contributed by atoms with E-state index in [1.165, 1.54) is 33.4 Å². The van der Waals surface area contributed by atoms with E-state index in [4.69, 9.17) is 9.47 Å². The highest BCUT2D eigenvalue weighted by molar-refractivity contribution is 5.79. The van der Waals surface area contributed by atoms with Crippen LogP contribution in [-0.4, -0.2) is 11.9 Å². The van der Waals surface area contributed by atoms with Gasteiger partial charge < -0.3 is 19.3 Å². The lowest BCUT2D eigenvalue weighted by Gasteiger charge is -2.27. The predicted octanol–water partition coefficient (Wildman–Crippen LogP) is 16.3. The van der Waals surface area contributed by atoms with Gasteiger partial charge in [-0.2, -0.15) is 0 Å². The standard InChI is InChI=1S/C66H64N2O4/c1-7-51-11-17-57(18-12-51)45-71-65(69)41-29-55-25-37-61(38-26-55)67(63-31-9-47(3)49(5)43-63)59-33-21-53(22-34-59)15-16-54-23-35-60(36-24-54)68(64-32-10-48(4)50(6)44-64)62-39-27-56(28-40-62)30-42-66(70)72-46-58-19-13-52(8-2)14-20-58/h7-14,17-28,31-40,43-44H,1-2,15-16,29-30,41-42,45-46H2,3-6H3. The molecule has 8 aromatic carbocycles. The quantitative estimate of drug-likeness (QED) is 0.0669. The molecule has 0 aliphatic heterocycles. The van der Waals surface area contributed by atoms with Gasteiger partial charge in [-0.15, -0.1) is 0 Å². The molecule has 0 bridgehead atoms. The summed E-state index contributed by atoms with van der Waals surface area (Å²) in [6.07, 6.45) is 7.23. The third-order valence-electron chi connectivity index (χ3n) is 13.4. The number of anilines is 6. The number of ether oxygens (including phenoxy) is 2. The summed E-state index contributed by atoms with van der Waals surface area (Å²) in [5, 5.41) is 0. The van der Waals surface area contributed by atoms with Gasteiger partial charge in [0, 0.05) is 47.0 Å². The van der Waals surface area contributed by atoms with Gasteiger partial charge in [0.05, 0.1) is 0 Å². The molecule has 362 valence electrons. The normalized spacial score (nSPS) is 10.9. The van der Waals surface area contributed by atoms with Gasteiger partial charge in [-0.3, -0.25) is 9.59 Å². The predicted molar refractivity (Wildman–Crippen MR) is 298 cm³/mol. The fourth-order valence-electron chi connectivity index (χ4n) is 8.62. The summed E-state index contributed by atoms with van der Waals surface area (Å²) in [6.45, 7) is 16.7. The fraction of sp³-hybridized carbons (Fsp3) is 0.182. The number of hydrogen-bond donors (Lipinski definition) is 0. The summed E-state index contributed by atoms with van der Waals surface area (Å²) in [7, 11) is 0. The van der Waals surface area contributed by atoms with E-state index in [2.05, 4.69) is 184 Å². The number of carbonyl (C=O) groups is 2. The smallest absolute Gasteiger partial charge is 0.306 e.